The number of benzene rings is 2. The van der Waals surface area contributed by atoms with Gasteiger partial charge in [0.15, 0.2) is 5.58 Å². The average Bonchev–Trinajstić information content (AvgIpc) is 3.13. The van der Waals surface area contributed by atoms with Crippen molar-refractivity contribution in [1.29, 1.82) is 0 Å². The van der Waals surface area contributed by atoms with Crippen molar-refractivity contribution < 1.29 is 14.3 Å². The molecule has 0 aliphatic heterocycles. The van der Waals surface area contributed by atoms with E-state index in [2.05, 4.69) is 15.3 Å². The highest BCUT2D eigenvalue weighted by Crippen LogP contribution is 2.33. The molecule has 4 aromatic rings. The molecule has 1 amide bonds. The van der Waals surface area contributed by atoms with Crippen LogP contribution in [0.1, 0.15) is 5.56 Å². The molecule has 0 saturated heterocycles. The Kier molecular flexibility index (Phi) is 4.37. The molecule has 0 fully saturated rings. The maximum Gasteiger partial charge on any atom is 0.248 e. The molecule has 0 saturated carbocycles. The predicted molar refractivity (Wildman–Crippen MR) is 103 cm³/mol. The molecule has 2 aromatic heterocycles. The van der Waals surface area contributed by atoms with Gasteiger partial charge in [-0.2, -0.15) is 0 Å². The van der Waals surface area contributed by atoms with Gasteiger partial charge < -0.3 is 14.8 Å². The van der Waals surface area contributed by atoms with Gasteiger partial charge in [0.25, 0.3) is 0 Å². The number of hydrogen-bond donors (Lipinski definition) is 2. The Morgan fingerprint density at radius 2 is 1.96 bits per heavy atom. The van der Waals surface area contributed by atoms with Gasteiger partial charge in [0.05, 0.1) is 11.8 Å². The molecule has 0 bridgehead atoms. The number of amides is 1. The molecule has 4 rings (SSSR count). The van der Waals surface area contributed by atoms with Crippen LogP contribution in [0, 0.1) is 0 Å². The van der Waals surface area contributed by atoms with Gasteiger partial charge in [0.1, 0.15) is 11.3 Å². The lowest BCUT2D eigenvalue weighted by molar-refractivity contribution is -0.111. The Morgan fingerprint density at radius 3 is 2.78 bits per heavy atom. The van der Waals surface area contributed by atoms with E-state index in [0.29, 0.717) is 22.4 Å². The third-order valence-electron chi connectivity index (χ3n) is 3.91. The smallest absolute Gasteiger partial charge is 0.248 e. The summed E-state index contributed by atoms with van der Waals surface area (Å²) in [5, 5.41) is 12.9. The second kappa shape index (κ2) is 7.13. The Morgan fingerprint density at radius 1 is 1.11 bits per heavy atom. The Bertz CT molecular complexity index is 1100. The zero-order valence-corrected chi connectivity index (χ0v) is 14.2. The van der Waals surface area contributed by atoms with E-state index in [1.165, 1.54) is 12.1 Å². The molecule has 0 radical (unpaired) electrons. The minimum atomic E-state index is -0.280. The van der Waals surface area contributed by atoms with E-state index in [1.54, 1.807) is 36.7 Å². The van der Waals surface area contributed by atoms with E-state index < -0.39 is 0 Å². The molecule has 0 atom stereocenters. The SMILES string of the molecule is O=C(C=Cc1ccccc1)Nc1ccc(O)c(-c2nc3cnccc3o2)c1. The molecule has 2 N–H and O–H groups in total. The zero-order valence-electron chi connectivity index (χ0n) is 14.2. The molecule has 0 spiro atoms. The number of pyridine rings is 1. The molecule has 27 heavy (non-hydrogen) atoms. The van der Waals surface area contributed by atoms with Crippen molar-refractivity contribution in [2.75, 3.05) is 5.32 Å². The maximum absolute atomic E-state index is 12.2. The highest BCUT2D eigenvalue weighted by Gasteiger charge is 2.13. The fourth-order valence-electron chi connectivity index (χ4n) is 2.60. The fourth-order valence-corrected chi connectivity index (χ4v) is 2.60. The zero-order chi connectivity index (χ0) is 18.6. The van der Waals surface area contributed by atoms with Crippen molar-refractivity contribution in [3.63, 3.8) is 0 Å². The van der Waals surface area contributed by atoms with Gasteiger partial charge in [-0.1, -0.05) is 30.3 Å². The number of aromatic nitrogens is 2. The Labute approximate surface area is 154 Å². The highest BCUT2D eigenvalue weighted by molar-refractivity contribution is 6.02. The second-order valence-electron chi connectivity index (χ2n) is 5.83. The second-order valence-corrected chi connectivity index (χ2v) is 5.83. The van der Waals surface area contributed by atoms with E-state index in [0.717, 1.165) is 5.56 Å². The number of oxazole rings is 1. The third kappa shape index (κ3) is 3.69. The summed E-state index contributed by atoms with van der Waals surface area (Å²) in [4.78, 5) is 20.5. The van der Waals surface area contributed by atoms with Crippen molar-refractivity contribution in [2.45, 2.75) is 0 Å². The monoisotopic (exact) mass is 357 g/mol. The number of phenols is 1. The minimum Gasteiger partial charge on any atom is -0.507 e. The average molecular weight is 357 g/mol. The number of carbonyl (C=O) groups is 1. The first-order valence-electron chi connectivity index (χ1n) is 8.27. The predicted octanol–water partition coefficient (Wildman–Crippen LogP) is 4.25. The molecule has 6 nitrogen and oxygen atoms in total. The molecule has 0 aliphatic rings. The summed E-state index contributed by atoms with van der Waals surface area (Å²) in [5.74, 6) is -0.0176. The first-order valence-corrected chi connectivity index (χ1v) is 8.27. The van der Waals surface area contributed by atoms with Crippen LogP contribution in [-0.4, -0.2) is 21.0 Å². The van der Waals surface area contributed by atoms with Crippen molar-refractivity contribution in [3.05, 3.63) is 78.6 Å². The van der Waals surface area contributed by atoms with Crippen LogP contribution in [0.25, 0.3) is 28.6 Å². The van der Waals surface area contributed by atoms with Gasteiger partial charge >= 0.3 is 0 Å². The summed E-state index contributed by atoms with van der Waals surface area (Å²) in [6, 6.07) is 15.9. The molecular formula is C21H15N3O3. The third-order valence-corrected chi connectivity index (χ3v) is 3.91. The Hall–Kier alpha value is -3.93. The van der Waals surface area contributed by atoms with Crippen LogP contribution < -0.4 is 5.32 Å². The maximum atomic E-state index is 12.2. The quantitative estimate of drug-likeness (QED) is 0.421. The van der Waals surface area contributed by atoms with E-state index >= 15 is 0 Å². The summed E-state index contributed by atoms with van der Waals surface area (Å²) >= 11 is 0. The van der Waals surface area contributed by atoms with Gasteiger partial charge in [-0.15, -0.1) is 0 Å². The molecule has 0 unspecified atom stereocenters. The van der Waals surface area contributed by atoms with E-state index in [9.17, 15) is 9.90 Å². The van der Waals surface area contributed by atoms with Crippen molar-refractivity contribution in [1.82, 2.24) is 9.97 Å². The number of nitrogens with one attached hydrogen (secondary N) is 1. The van der Waals surface area contributed by atoms with Gasteiger partial charge in [-0.3, -0.25) is 9.78 Å². The normalized spacial score (nSPS) is 11.1. The van der Waals surface area contributed by atoms with Gasteiger partial charge in [0, 0.05) is 24.0 Å². The topological polar surface area (TPSA) is 88.2 Å². The van der Waals surface area contributed by atoms with Gasteiger partial charge in [0.2, 0.25) is 11.8 Å². The van der Waals surface area contributed by atoms with Crippen LogP contribution in [0.5, 0.6) is 5.75 Å². The lowest BCUT2D eigenvalue weighted by atomic mass is 10.1. The van der Waals surface area contributed by atoms with Crippen LogP contribution in [0.2, 0.25) is 0 Å². The lowest BCUT2D eigenvalue weighted by Gasteiger charge is -2.06. The van der Waals surface area contributed by atoms with E-state index in [-0.39, 0.29) is 17.5 Å². The molecule has 132 valence electrons. The lowest BCUT2D eigenvalue weighted by Crippen LogP contribution is -2.07. The molecule has 2 aromatic carbocycles. The van der Waals surface area contributed by atoms with Crippen molar-refractivity contribution >= 4 is 28.8 Å². The van der Waals surface area contributed by atoms with E-state index in [1.807, 2.05) is 30.3 Å². The summed E-state index contributed by atoms with van der Waals surface area (Å²) in [6.45, 7) is 0. The first-order chi connectivity index (χ1) is 13.2. The molecule has 6 heteroatoms. The largest absolute Gasteiger partial charge is 0.507 e. The van der Waals surface area contributed by atoms with Crippen LogP contribution >= 0.6 is 0 Å². The van der Waals surface area contributed by atoms with Crippen molar-refractivity contribution in [2.24, 2.45) is 0 Å². The van der Waals surface area contributed by atoms with Crippen LogP contribution in [0.3, 0.4) is 0 Å². The number of hydrogen-bond acceptors (Lipinski definition) is 5. The van der Waals surface area contributed by atoms with Crippen LogP contribution in [0.15, 0.2) is 77.5 Å². The summed E-state index contributed by atoms with van der Waals surface area (Å²) in [7, 11) is 0. The molecule has 2 heterocycles. The van der Waals surface area contributed by atoms with Crippen molar-refractivity contribution in [3.8, 4) is 17.2 Å². The summed E-state index contributed by atoms with van der Waals surface area (Å²) in [5.41, 5.74) is 2.99. The highest BCUT2D eigenvalue weighted by atomic mass is 16.3. The fraction of sp³-hybridized carbons (Fsp3) is 0. The molecule has 0 aliphatic carbocycles. The van der Waals surface area contributed by atoms with Gasteiger partial charge in [-0.05, 0) is 29.8 Å². The summed E-state index contributed by atoms with van der Waals surface area (Å²) in [6.07, 6.45) is 6.36. The number of carbonyl (C=O) groups excluding carboxylic acids is 1. The van der Waals surface area contributed by atoms with Crippen LogP contribution in [0.4, 0.5) is 5.69 Å². The number of aromatic hydroxyl groups is 1. The standard InChI is InChI=1S/C21H15N3O3/c25-18-8-7-15(23-20(26)9-6-14-4-2-1-3-5-14)12-16(18)21-24-17-13-22-11-10-19(17)27-21/h1-13,25H,(H,23,26). The number of nitrogens with zero attached hydrogens (tertiary/aromatic N) is 2. The molecular weight excluding hydrogens is 342 g/mol. The number of anilines is 1. The number of fused-ring (bicyclic) bond motifs is 1. The van der Waals surface area contributed by atoms with Gasteiger partial charge in [-0.25, -0.2) is 4.98 Å². The number of rotatable bonds is 4. The Balaban J connectivity index is 1.57. The minimum absolute atomic E-state index is 0.00680. The van der Waals surface area contributed by atoms with Crippen LogP contribution in [-0.2, 0) is 4.79 Å². The first kappa shape index (κ1) is 16.5. The summed E-state index contributed by atoms with van der Waals surface area (Å²) < 4.78 is 5.66. The number of phenolic OH excluding ortho intramolecular Hbond substituents is 1. The van der Waals surface area contributed by atoms with E-state index in [4.69, 9.17) is 4.42 Å².